The molecule has 2 N–H and O–H groups in total. The summed E-state index contributed by atoms with van der Waals surface area (Å²) < 4.78 is 5.37. The van der Waals surface area contributed by atoms with Gasteiger partial charge in [0.25, 0.3) is 0 Å². The van der Waals surface area contributed by atoms with Crippen LogP contribution in [-0.4, -0.2) is 11.1 Å². The third-order valence-corrected chi connectivity index (χ3v) is 3.35. The molecule has 0 unspecified atom stereocenters. The lowest BCUT2D eigenvalue weighted by Crippen LogP contribution is -2.34. The first-order valence-corrected chi connectivity index (χ1v) is 5.76. The topological polar surface area (TPSA) is 45.4 Å². The van der Waals surface area contributed by atoms with E-state index in [0.717, 1.165) is 17.5 Å². The molecule has 0 radical (unpaired) electrons. The van der Waals surface area contributed by atoms with Crippen molar-refractivity contribution in [1.29, 1.82) is 0 Å². The first-order chi connectivity index (χ1) is 7.84. The molecule has 0 aliphatic heterocycles. The zero-order valence-corrected chi connectivity index (χ0v) is 9.07. The molecule has 0 saturated heterocycles. The molecule has 1 aliphatic carbocycles. The van der Waals surface area contributed by atoms with Gasteiger partial charge in [-0.25, -0.2) is 0 Å². The quantitative estimate of drug-likeness (QED) is 0.831. The third kappa shape index (κ3) is 1.57. The molecule has 1 aromatic heterocycles. The van der Waals surface area contributed by atoms with Crippen molar-refractivity contribution in [3.05, 3.63) is 30.0 Å². The van der Waals surface area contributed by atoms with E-state index in [4.69, 9.17) is 4.42 Å². The minimum Gasteiger partial charge on any atom is -0.504 e. The number of rotatable bonds is 3. The van der Waals surface area contributed by atoms with Crippen LogP contribution in [0.25, 0.3) is 11.0 Å². The highest BCUT2D eigenvalue weighted by molar-refractivity contribution is 5.85. The number of fused-ring (bicyclic) bond motifs is 1. The molecule has 1 aromatic carbocycles. The molecule has 1 aliphatic rings. The number of phenols is 1. The number of phenolic OH excluding ortho intramolecular Hbond substituents is 1. The lowest BCUT2D eigenvalue weighted by molar-refractivity contribution is 0.338. The molecule has 0 spiro atoms. The molecule has 0 amide bonds. The van der Waals surface area contributed by atoms with E-state index >= 15 is 0 Å². The van der Waals surface area contributed by atoms with Crippen LogP contribution < -0.4 is 5.32 Å². The predicted octanol–water partition coefficient (Wildman–Crippen LogP) is 2.78. The van der Waals surface area contributed by atoms with Gasteiger partial charge in [-0.15, -0.1) is 0 Å². The Morgan fingerprint density at radius 3 is 3.00 bits per heavy atom. The molecule has 0 atom stereocenters. The second-order valence-electron chi connectivity index (χ2n) is 4.42. The first kappa shape index (κ1) is 9.73. The van der Waals surface area contributed by atoms with Crippen LogP contribution in [0.3, 0.4) is 0 Å². The predicted molar refractivity (Wildman–Crippen MR) is 62.4 cm³/mol. The second-order valence-corrected chi connectivity index (χ2v) is 4.42. The first-order valence-electron chi connectivity index (χ1n) is 5.76. The Labute approximate surface area is 94.1 Å². The number of nitrogens with one attached hydrogen (secondary N) is 1. The van der Waals surface area contributed by atoms with Crippen LogP contribution in [0.4, 0.5) is 0 Å². The highest BCUT2D eigenvalue weighted by atomic mass is 16.3. The van der Waals surface area contributed by atoms with Gasteiger partial charge in [0.15, 0.2) is 11.3 Å². The lowest BCUT2D eigenvalue weighted by Gasteiger charge is -2.26. The summed E-state index contributed by atoms with van der Waals surface area (Å²) >= 11 is 0. The number of furan rings is 1. The Morgan fingerprint density at radius 1 is 1.38 bits per heavy atom. The highest BCUT2D eigenvalue weighted by Gasteiger charge is 2.17. The summed E-state index contributed by atoms with van der Waals surface area (Å²) in [5.41, 5.74) is 1.71. The van der Waals surface area contributed by atoms with Crippen LogP contribution in [0, 0.1) is 0 Å². The number of hydrogen-bond acceptors (Lipinski definition) is 3. The van der Waals surface area contributed by atoms with E-state index in [2.05, 4.69) is 5.32 Å². The Bertz CT molecular complexity index is 500. The summed E-state index contributed by atoms with van der Waals surface area (Å²) in [6.45, 7) is 0.821. The van der Waals surface area contributed by atoms with Crippen molar-refractivity contribution in [2.75, 3.05) is 0 Å². The fraction of sp³-hybridized carbons (Fsp3) is 0.385. The van der Waals surface area contributed by atoms with E-state index in [1.54, 1.807) is 12.3 Å². The molecule has 1 fully saturated rings. The number of hydrogen-bond donors (Lipinski definition) is 2. The summed E-state index contributed by atoms with van der Waals surface area (Å²) in [6.07, 6.45) is 5.63. The average molecular weight is 217 g/mol. The number of aromatic hydroxyl groups is 1. The Hall–Kier alpha value is -1.48. The van der Waals surface area contributed by atoms with Crippen molar-refractivity contribution in [2.24, 2.45) is 0 Å². The molecule has 3 nitrogen and oxygen atoms in total. The monoisotopic (exact) mass is 217 g/mol. The SMILES string of the molecule is Oc1cccc2c(CNC3CCC3)coc12. The van der Waals surface area contributed by atoms with Crippen LogP contribution in [0.2, 0.25) is 0 Å². The van der Waals surface area contributed by atoms with Gasteiger partial charge < -0.3 is 14.8 Å². The molecule has 2 aromatic rings. The third-order valence-electron chi connectivity index (χ3n) is 3.35. The van der Waals surface area contributed by atoms with Gasteiger partial charge in [-0.1, -0.05) is 18.6 Å². The summed E-state index contributed by atoms with van der Waals surface area (Å²) in [4.78, 5) is 0. The van der Waals surface area contributed by atoms with E-state index in [-0.39, 0.29) is 5.75 Å². The minimum atomic E-state index is 0.215. The van der Waals surface area contributed by atoms with Crippen molar-refractivity contribution in [1.82, 2.24) is 5.32 Å². The Kier molecular flexibility index (Phi) is 2.33. The second kappa shape index (κ2) is 3.83. The van der Waals surface area contributed by atoms with Gasteiger partial charge in [-0.2, -0.15) is 0 Å². The van der Waals surface area contributed by atoms with E-state index in [1.165, 1.54) is 19.3 Å². The standard InChI is InChI=1S/C13H15NO2/c15-12-6-2-5-11-9(8-16-13(11)12)7-14-10-3-1-4-10/h2,5-6,8,10,14-15H,1,3-4,7H2. The van der Waals surface area contributed by atoms with E-state index in [1.807, 2.05) is 12.1 Å². The number of para-hydroxylation sites is 1. The Morgan fingerprint density at radius 2 is 2.25 bits per heavy atom. The zero-order chi connectivity index (χ0) is 11.0. The molecule has 0 bridgehead atoms. The van der Waals surface area contributed by atoms with Crippen LogP contribution >= 0.6 is 0 Å². The number of benzene rings is 1. The van der Waals surface area contributed by atoms with Crippen LogP contribution in [-0.2, 0) is 6.54 Å². The molecule has 84 valence electrons. The molecule has 1 heterocycles. The van der Waals surface area contributed by atoms with E-state index < -0.39 is 0 Å². The average Bonchev–Trinajstić information content (AvgIpc) is 2.61. The molecular formula is C13H15NO2. The minimum absolute atomic E-state index is 0.215. The van der Waals surface area contributed by atoms with Crippen molar-refractivity contribution in [2.45, 2.75) is 31.8 Å². The summed E-state index contributed by atoms with van der Waals surface area (Å²) in [5, 5.41) is 14.1. The fourth-order valence-electron chi connectivity index (χ4n) is 2.10. The maximum absolute atomic E-state index is 9.61. The van der Waals surface area contributed by atoms with Gasteiger partial charge in [0.2, 0.25) is 0 Å². The van der Waals surface area contributed by atoms with Gasteiger partial charge in [0, 0.05) is 23.5 Å². The van der Waals surface area contributed by atoms with Crippen molar-refractivity contribution in [3.8, 4) is 5.75 Å². The zero-order valence-electron chi connectivity index (χ0n) is 9.07. The summed E-state index contributed by atoms with van der Waals surface area (Å²) in [7, 11) is 0. The van der Waals surface area contributed by atoms with Gasteiger partial charge >= 0.3 is 0 Å². The van der Waals surface area contributed by atoms with Gasteiger partial charge in [0.05, 0.1) is 6.26 Å². The van der Waals surface area contributed by atoms with Gasteiger partial charge in [0.1, 0.15) is 0 Å². The van der Waals surface area contributed by atoms with E-state index in [0.29, 0.717) is 11.6 Å². The van der Waals surface area contributed by atoms with E-state index in [9.17, 15) is 5.11 Å². The van der Waals surface area contributed by atoms with Gasteiger partial charge in [-0.05, 0) is 18.9 Å². The molecule has 16 heavy (non-hydrogen) atoms. The molecule has 1 saturated carbocycles. The lowest BCUT2D eigenvalue weighted by atomic mass is 9.93. The fourth-order valence-corrected chi connectivity index (χ4v) is 2.10. The largest absolute Gasteiger partial charge is 0.504 e. The highest BCUT2D eigenvalue weighted by Crippen LogP contribution is 2.29. The van der Waals surface area contributed by atoms with Gasteiger partial charge in [-0.3, -0.25) is 0 Å². The normalized spacial score (nSPS) is 16.5. The van der Waals surface area contributed by atoms with Crippen LogP contribution in [0.1, 0.15) is 24.8 Å². The van der Waals surface area contributed by atoms with Crippen LogP contribution in [0.15, 0.2) is 28.9 Å². The van der Waals surface area contributed by atoms with Crippen molar-refractivity contribution >= 4 is 11.0 Å². The van der Waals surface area contributed by atoms with Crippen molar-refractivity contribution < 1.29 is 9.52 Å². The maximum atomic E-state index is 9.61. The van der Waals surface area contributed by atoms with Crippen molar-refractivity contribution in [3.63, 3.8) is 0 Å². The van der Waals surface area contributed by atoms with Crippen LogP contribution in [0.5, 0.6) is 5.75 Å². The Balaban J connectivity index is 1.83. The summed E-state index contributed by atoms with van der Waals surface area (Å²) in [6, 6.07) is 6.15. The smallest absolute Gasteiger partial charge is 0.175 e. The summed E-state index contributed by atoms with van der Waals surface area (Å²) in [5.74, 6) is 0.215. The molecular weight excluding hydrogens is 202 g/mol. The molecule has 3 heteroatoms. The molecule has 3 rings (SSSR count). The maximum Gasteiger partial charge on any atom is 0.175 e.